The van der Waals surface area contributed by atoms with Gasteiger partial charge in [0, 0.05) is 31.9 Å². The van der Waals surface area contributed by atoms with E-state index in [4.69, 9.17) is 0 Å². The van der Waals surface area contributed by atoms with Crippen LogP contribution in [0.25, 0.3) is 0 Å². The summed E-state index contributed by atoms with van der Waals surface area (Å²) in [6, 6.07) is 0. The van der Waals surface area contributed by atoms with Crippen molar-refractivity contribution in [1.29, 1.82) is 0 Å². The van der Waals surface area contributed by atoms with Gasteiger partial charge in [0.25, 0.3) is 0 Å². The van der Waals surface area contributed by atoms with E-state index in [0.717, 1.165) is 50.5 Å². The van der Waals surface area contributed by atoms with Gasteiger partial charge in [0.1, 0.15) is 0 Å². The van der Waals surface area contributed by atoms with Gasteiger partial charge in [0.15, 0.2) is 0 Å². The van der Waals surface area contributed by atoms with Crippen LogP contribution in [0.1, 0.15) is 51.4 Å². The zero-order chi connectivity index (χ0) is 22.6. The summed E-state index contributed by atoms with van der Waals surface area (Å²) in [5.74, 6) is 2.46. The van der Waals surface area contributed by atoms with E-state index >= 15 is 0 Å². The molecule has 0 bridgehead atoms. The van der Waals surface area contributed by atoms with Crippen LogP contribution in [0.4, 0.5) is 0 Å². The molecule has 0 amide bonds. The third-order valence-corrected chi connectivity index (χ3v) is 7.53. The van der Waals surface area contributed by atoms with E-state index in [9.17, 15) is 0 Å². The SMILES string of the molecule is C=CCN(C/C=C\C(=C)CN(CCC1CCNCC1)C(=C)C1CC1)CCC1CCNCC1. The Morgan fingerprint density at radius 2 is 1.41 bits per heavy atom. The molecule has 0 spiro atoms. The van der Waals surface area contributed by atoms with Gasteiger partial charge in [-0.1, -0.05) is 31.4 Å². The van der Waals surface area contributed by atoms with Crippen molar-refractivity contribution in [2.24, 2.45) is 17.8 Å². The highest BCUT2D eigenvalue weighted by Gasteiger charge is 2.28. The van der Waals surface area contributed by atoms with Crippen LogP contribution in [-0.2, 0) is 0 Å². The van der Waals surface area contributed by atoms with Gasteiger partial charge in [0.05, 0.1) is 0 Å². The van der Waals surface area contributed by atoms with Gasteiger partial charge in [-0.3, -0.25) is 4.90 Å². The molecule has 4 heteroatoms. The zero-order valence-electron chi connectivity index (χ0n) is 20.5. The van der Waals surface area contributed by atoms with E-state index < -0.39 is 0 Å². The first kappa shape index (κ1) is 25.3. The summed E-state index contributed by atoms with van der Waals surface area (Å²) < 4.78 is 0. The molecule has 0 atom stereocenters. The van der Waals surface area contributed by atoms with Crippen LogP contribution >= 0.6 is 0 Å². The monoisotopic (exact) mass is 440 g/mol. The normalized spacial score (nSPS) is 20.7. The van der Waals surface area contributed by atoms with Crippen molar-refractivity contribution in [3.63, 3.8) is 0 Å². The number of piperidine rings is 2. The molecule has 0 aromatic heterocycles. The van der Waals surface area contributed by atoms with E-state index in [1.807, 2.05) is 6.08 Å². The average molecular weight is 441 g/mol. The average Bonchev–Trinajstić information content (AvgIpc) is 3.66. The largest absolute Gasteiger partial charge is 0.371 e. The Labute approximate surface area is 197 Å². The first-order valence-corrected chi connectivity index (χ1v) is 13.2. The summed E-state index contributed by atoms with van der Waals surface area (Å²) in [5, 5.41) is 6.96. The van der Waals surface area contributed by atoms with Crippen molar-refractivity contribution in [1.82, 2.24) is 20.4 Å². The molecule has 3 rings (SSSR count). The van der Waals surface area contributed by atoms with Crippen molar-refractivity contribution >= 4 is 0 Å². The molecule has 2 saturated heterocycles. The molecule has 0 radical (unpaired) electrons. The number of hydrogen-bond donors (Lipinski definition) is 2. The van der Waals surface area contributed by atoms with Gasteiger partial charge in [-0.05, 0) is 107 Å². The summed E-state index contributed by atoms with van der Waals surface area (Å²) in [4.78, 5) is 5.04. The standard InChI is InChI=1S/C28H48N4/c1-4-19-31(21-13-26-9-15-29-16-10-26)20-5-6-24(2)23-32(25(3)28-7-8-28)22-14-27-11-17-30-18-12-27/h4-6,26-30H,1-3,7-23H2/b6-5-. The van der Waals surface area contributed by atoms with Crippen molar-refractivity contribution < 1.29 is 0 Å². The lowest BCUT2D eigenvalue weighted by Gasteiger charge is -2.30. The Bertz CT molecular complexity index is 609. The fraction of sp³-hybridized carbons (Fsp3) is 0.714. The number of nitrogens with zero attached hydrogens (tertiary/aromatic N) is 2. The predicted octanol–water partition coefficient (Wildman–Crippen LogP) is 4.59. The molecule has 4 nitrogen and oxygen atoms in total. The summed E-state index contributed by atoms with van der Waals surface area (Å²) in [5.41, 5.74) is 2.55. The summed E-state index contributed by atoms with van der Waals surface area (Å²) in [6.07, 6.45) is 17.1. The third kappa shape index (κ3) is 9.25. The molecule has 1 saturated carbocycles. The first-order chi connectivity index (χ1) is 15.7. The van der Waals surface area contributed by atoms with Crippen molar-refractivity contribution in [2.75, 3.05) is 58.9 Å². The molecular formula is C28H48N4. The Kier molecular flexibility index (Phi) is 11.1. The highest BCUT2D eigenvalue weighted by atomic mass is 15.1. The zero-order valence-corrected chi connectivity index (χ0v) is 20.5. The molecule has 0 unspecified atom stereocenters. The number of allylic oxidation sites excluding steroid dienone is 1. The quantitative estimate of drug-likeness (QED) is 0.288. The van der Waals surface area contributed by atoms with Gasteiger partial charge in [0.2, 0.25) is 0 Å². The van der Waals surface area contributed by atoms with Gasteiger partial charge < -0.3 is 15.5 Å². The molecule has 3 fully saturated rings. The van der Waals surface area contributed by atoms with Crippen LogP contribution < -0.4 is 10.6 Å². The van der Waals surface area contributed by atoms with E-state index in [1.165, 1.54) is 88.8 Å². The third-order valence-electron chi connectivity index (χ3n) is 7.53. The second kappa shape index (κ2) is 14.0. The van der Waals surface area contributed by atoms with Gasteiger partial charge in [-0.25, -0.2) is 0 Å². The smallest absolute Gasteiger partial charge is 0.0420 e. The van der Waals surface area contributed by atoms with Gasteiger partial charge >= 0.3 is 0 Å². The van der Waals surface area contributed by atoms with E-state index in [2.05, 4.69) is 52.3 Å². The molecule has 3 aliphatic rings. The number of nitrogens with one attached hydrogen (secondary N) is 2. The van der Waals surface area contributed by atoms with Crippen LogP contribution in [0.5, 0.6) is 0 Å². The van der Waals surface area contributed by atoms with Crippen LogP contribution in [0.3, 0.4) is 0 Å². The van der Waals surface area contributed by atoms with E-state index in [-0.39, 0.29) is 0 Å². The second-order valence-electron chi connectivity index (χ2n) is 10.3. The number of rotatable bonds is 15. The van der Waals surface area contributed by atoms with Gasteiger partial charge in [-0.15, -0.1) is 6.58 Å². The van der Waals surface area contributed by atoms with Crippen LogP contribution in [0.15, 0.2) is 49.2 Å². The lowest BCUT2D eigenvalue weighted by Crippen LogP contribution is -2.32. The molecule has 180 valence electrons. The lowest BCUT2D eigenvalue weighted by molar-refractivity contribution is 0.270. The Morgan fingerprint density at radius 3 is 1.97 bits per heavy atom. The Hall–Kier alpha value is -1.36. The molecule has 0 aromatic carbocycles. The minimum absolute atomic E-state index is 0.720. The minimum Gasteiger partial charge on any atom is -0.371 e. The Balaban J connectivity index is 1.42. The topological polar surface area (TPSA) is 30.5 Å². The maximum absolute atomic E-state index is 4.46. The summed E-state index contributed by atoms with van der Waals surface area (Å²) in [7, 11) is 0. The summed E-state index contributed by atoms with van der Waals surface area (Å²) >= 11 is 0. The predicted molar refractivity (Wildman–Crippen MR) is 139 cm³/mol. The fourth-order valence-electron chi connectivity index (χ4n) is 5.15. The number of hydrogen-bond acceptors (Lipinski definition) is 4. The molecule has 2 N–H and O–H groups in total. The van der Waals surface area contributed by atoms with Gasteiger partial charge in [-0.2, -0.15) is 0 Å². The maximum atomic E-state index is 4.46. The maximum Gasteiger partial charge on any atom is 0.0420 e. The second-order valence-corrected chi connectivity index (χ2v) is 10.3. The van der Waals surface area contributed by atoms with E-state index in [1.54, 1.807) is 0 Å². The van der Waals surface area contributed by atoms with Crippen molar-refractivity contribution in [3.05, 3.63) is 49.2 Å². The molecule has 1 aliphatic carbocycles. The molecule has 32 heavy (non-hydrogen) atoms. The van der Waals surface area contributed by atoms with Crippen LogP contribution in [0.2, 0.25) is 0 Å². The molecular weight excluding hydrogens is 392 g/mol. The van der Waals surface area contributed by atoms with E-state index in [0.29, 0.717) is 0 Å². The highest BCUT2D eigenvalue weighted by molar-refractivity contribution is 5.19. The molecule has 2 aliphatic heterocycles. The first-order valence-electron chi connectivity index (χ1n) is 13.2. The van der Waals surface area contributed by atoms with Crippen molar-refractivity contribution in [2.45, 2.75) is 51.4 Å². The minimum atomic E-state index is 0.720. The van der Waals surface area contributed by atoms with Crippen LogP contribution in [0, 0.1) is 17.8 Å². The fourth-order valence-corrected chi connectivity index (χ4v) is 5.15. The molecule has 0 aromatic rings. The highest BCUT2D eigenvalue weighted by Crippen LogP contribution is 2.37. The summed E-state index contributed by atoms with van der Waals surface area (Å²) in [6.45, 7) is 22.7. The Morgan fingerprint density at radius 1 is 0.812 bits per heavy atom. The molecule has 2 heterocycles. The van der Waals surface area contributed by atoms with Crippen molar-refractivity contribution in [3.8, 4) is 0 Å². The van der Waals surface area contributed by atoms with Crippen LogP contribution in [-0.4, -0.2) is 68.7 Å². The lowest BCUT2D eigenvalue weighted by atomic mass is 9.94.